The van der Waals surface area contributed by atoms with Gasteiger partial charge in [0, 0.05) is 12.1 Å². The Hall–Kier alpha value is -0.820. The van der Waals surface area contributed by atoms with Crippen molar-refractivity contribution in [3.63, 3.8) is 0 Å². The van der Waals surface area contributed by atoms with Crippen LogP contribution >= 0.6 is 0 Å². The molecule has 1 heterocycles. The lowest BCUT2D eigenvalue weighted by Crippen LogP contribution is -2.17. The van der Waals surface area contributed by atoms with Crippen LogP contribution in [0.25, 0.3) is 0 Å². The van der Waals surface area contributed by atoms with Crippen LogP contribution < -0.4 is 0 Å². The Morgan fingerprint density at radius 2 is 1.67 bits per heavy atom. The average molecular weight is 203 g/mol. The first-order valence-corrected chi connectivity index (χ1v) is 5.88. The van der Waals surface area contributed by atoms with Gasteiger partial charge in [-0.1, -0.05) is 32.0 Å². The van der Waals surface area contributed by atoms with E-state index in [9.17, 15) is 0 Å². The molecular weight excluding hydrogens is 182 g/mol. The van der Waals surface area contributed by atoms with E-state index in [-0.39, 0.29) is 0 Å². The molecule has 2 rings (SSSR count). The lowest BCUT2D eigenvalue weighted by atomic mass is 9.95. The normalized spacial score (nSPS) is 26.0. The van der Waals surface area contributed by atoms with Crippen molar-refractivity contribution in [2.45, 2.75) is 45.7 Å². The highest BCUT2D eigenvalue weighted by molar-refractivity contribution is 5.40. The predicted molar refractivity (Wildman–Crippen MR) is 65.1 cm³/mol. The summed E-state index contributed by atoms with van der Waals surface area (Å²) in [5, 5.41) is 0. The summed E-state index contributed by atoms with van der Waals surface area (Å²) in [5.74, 6) is 0.628. The molecule has 0 bridgehead atoms. The van der Waals surface area contributed by atoms with Crippen LogP contribution in [0, 0.1) is 0 Å². The van der Waals surface area contributed by atoms with Crippen molar-refractivity contribution in [2.75, 3.05) is 7.05 Å². The van der Waals surface area contributed by atoms with Crippen LogP contribution in [0.15, 0.2) is 18.2 Å². The van der Waals surface area contributed by atoms with Gasteiger partial charge >= 0.3 is 0 Å². The lowest BCUT2D eigenvalue weighted by Gasteiger charge is -2.20. The van der Waals surface area contributed by atoms with E-state index in [1.807, 2.05) is 0 Å². The first-order chi connectivity index (χ1) is 7.02. The van der Waals surface area contributed by atoms with Crippen molar-refractivity contribution in [2.24, 2.45) is 0 Å². The van der Waals surface area contributed by atoms with Crippen LogP contribution in [0.4, 0.5) is 0 Å². The van der Waals surface area contributed by atoms with E-state index in [1.54, 1.807) is 0 Å². The molecule has 1 aromatic rings. The minimum absolute atomic E-state index is 0.564. The van der Waals surface area contributed by atoms with Gasteiger partial charge in [-0.25, -0.2) is 0 Å². The zero-order chi connectivity index (χ0) is 11.2. The zero-order valence-corrected chi connectivity index (χ0v) is 10.4. The molecule has 2 unspecified atom stereocenters. The SMILES string of the molecule is CC(C)c1ccc2c(c1)C(C)N(C)C2C. The molecule has 0 aliphatic carbocycles. The Bertz CT molecular complexity index is 368. The maximum absolute atomic E-state index is 2.44. The van der Waals surface area contributed by atoms with E-state index in [2.05, 4.69) is 57.8 Å². The van der Waals surface area contributed by atoms with E-state index in [4.69, 9.17) is 0 Å². The third kappa shape index (κ3) is 1.59. The molecule has 0 amide bonds. The summed E-state index contributed by atoms with van der Waals surface area (Å²) in [6.07, 6.45) is 0. The molecule has 1 aliphatic rings. The highest BCUT2D eigenvalue weighted by atomic mass is 15.2. The van der Waals surface area contributed by atoms with Crippen molar-refractivity contribution in [1.29, 1.82) is 0 Å². The largest absolute Gasteiger partial charge is 0.293 e. The molecule has 1 aromatic carbocycles. The summed E-state index contributed by atoms with van der Waals surface area (Å²) < 4.78 is 0. The molecule has 1 aliphatic heterocycles. The van der Waals surface area contributed by atoms with Gasteiger partial charge in [0.25, 0.3) is 0 Å². The van der Waals surface area contributed by atoms with Crippen molar-refractivity contribution in [3.05, 3.63) is 34.9 Å². The van der Waals surface area contributed by atoms with E-state index < -0.39 is 0 Å². The Morgan fingerprint density at radius 3 is 2.27 bits per heavy atom. The molecule has 15 heavy (non-hydrogen) atoms. The second-order valence-corrected chi connectivity index (χ2v) is 5.06. The van der Waals surface area contributed by atoms with Crippen molar-refractivity contribution < 1.29 is 0 Å². The molecule has 2 atom stereocenters. The molecule has 82 valence electrons. The fraction of sp³-hybridized carbons (Fsp3) is 0.571. The van der Waals surface area contributed by atoms with Gasteiger partial charge in [-0.05, 0) is 43.5 Å². The number of nitrogens with zero attached hydrogens (tertiary/aromatic N) is 1. The Balaban J connectivity index is 2.47. The predicted octanol–water partition coefficient (Wildman–Crippen LogP) is 3.88. The Kier molecular flexibility index (Phi) is 2.59. The molecule has 0 saturated carbocycles. The van der Waals surface area contributed by atoms with Crippen LogP contribution in [0.3, 0.4) is 0 Å². The molecular formula is C14H21N. The van der Waals surface area contributed by atoms with Crippen LogP contribution in [0.1, 0.15) is 62.4 Å². The van der Waals surface area contributed by atoms with Crippen LogP contribution in [0.5, 0.6) is 0 Å². The van der Waals surface area contributed by atoms with Gasteiger partial charge in [0.05, 0.1) is 0 Å². The van der Waals surface area contributed by atoms with Gasteiger partial charge in [0.15, 0.2) is 0 Å². The molecule has 0 fully saturated rings. The van der Waals surface area contributed by atoms with Crippen molar-refractivity contribution >= 4 is 0 Å². The lowest BCUT2D eigenvalue weighted by molar-refractivity contribution is 0.233. The van der Waals surface area contributed by atoms with Gasteiger partial charge in [0.2, 0.25) is 0 Å². The third-order valence-corrected chi connectivity index (χ3v) is 3.90. The minimum atomic E-state index is 0.564. The van der Waals surface area contributed by atoms with Crippen molar-refractivity contribution in [1.82, 2.24) is 4.90 Å². The molecule has 1 nitrogen and oxygen atoms in total. The second-order valence-electron chi connectivity index (χ2n) is 5.06. The molecule has 0 spiro atoms. The number of fused-ring (bicyclic) bond motifs is 1. The summed E-state index contributed by atoms with van der Waals surface area (Å²) >= 11 is 0. The highest BCUT2D eigenvalue weighted by Gasteiger charge is 2.30. The number of hydrogen-bond donors (Lipinski definition) is 0. The number of hydrogen-bond acceptors (Lipinski definition) is 1. The highest BCUT2D eigenvalue weighted by Crippen LogP contribution is 2.41. The maximum Gasteiger partial charge on any atom is 0.0326 e. The second kappa shape index (κ2) is 3.64. The Morgan fingerprint density at radius 1 is 1.07 bits per heavy atom. The number of rotatable bonds is 1. The van der Waals surface area contributed by atoms with Crippen molar-refractivity contribution in [3.8, 4) is 0 Å². The Labute approximate surface area is 93.1 Å². The van der Waals surface area contributed by atoms with Gasteiger partial charge in [0.1, 0.15) is 0 Å². The van der Waals surface area contributed by atoms with Gasteiger partial charge in [-0.2, -0.15) is 0 Å². The fourth-order valence-electron chi connectivity index (χ4n) is 2.47. The summed E-state index contributed by atoms with van der Waals surface area (Å²) in [7, 11) is 2.21. The fourth-order valence-corrected chi connectivity index (χ4v) is 2.47. The summed E-state index contributed by atoms with van der Waals surface area (Å²) in [5.41, 5.74) is 4.49. The average Bonchev–Trinajstić information content (AvgIpc) is 2.44. The summed E-state index contributed by atoms with van der Waals surface area (Å²) in [6, 6.07) is 8.12. The van der Waals surface area contributed by atoms with Gasteiger partial charge in [-0.15, -0.1) is 0 Å². The minimum Gasteiger partial charge on any atom is -0.293 e. The van der Waals surface area contributed by atoms with Crippen LogP contribution in [0.2, 0.25) is 0 Å². The third-order valence-electron chi connectivity index (χ3n) is 3.90. The quantitative estimate of drug-likeness (QED) is 0.669. The summed E-state index contributed by atoms with van der Waals surface area (Å²) in [4.78, 5) is 2.44. The van der Waals surface area contributed by atoms with E-state index in [1.165, 1.54) is 16.7 Å². The van der Waals surface area contributed by atoms with Gasteiger partial charge in [-0.3, -0.25) is 4.90 Å². The topological polar surface area (TPSA) is 3.24 Å². The van der Waals surface area contributed by atoms with E-state index in [0.29, 0.717) is 18.0 Å². The van der Waals surface area contributed by atoms with E-state index >= 15 is 0 Å². The van der Waals surface area contributed by atoms with Gasteiger partial charge < -0.3 is 0 Å². The molecule has 0 radical (unpaired) electrons. The number of benzene rings is 1. The smallest absolute Gasteiger partial charge is 0.0326 e. The first kappa shape index (κ1) is 10.7. The zero-order valence-electron chi connectivity index (χ0n) is 10.4. The molecule has 1 heteroatoms. The summed E-state index contributed by atoms with van der Waals surface area (Å²) in [6.45, 7) is 9.10. The molecule has 0 saturated heterocycles. The molecule has 0 aromatic heterocycles. The first-order valence-electron chi connectivity index (χ1n) is 5.88. The standard InChI is InChI=1S/C14H21N/c1-9(2)12-6-7-13-10(3)15(5)11(4)14(13)8-12/h6-11H,1-5H3. The van der Waals surface area contributed by atoms with Crippen LogP contribution in [-0.2, 0) is 0 Å². The van der Waals surface area contributed by atoms with E-state index in [0.717, 1.165) is 0 Å². The monoisotopic (exact) mass is 203 g/mol. The van der Waals surface area contributed by atoms with Crippen LogP contribution in [-0.4, -0.2) is 11.9 Å². The molecule has 0 N–H and O–H groups in total. The maximum atomic E-state index is 2.44.